The third-order valence-electron chi connectivity index (χ3n) is 8.06. The van der Waals surface area contributed by atoms with Crippen molar-refractivity contribution < 1.29 is 31.6 Å². The fourth-order valence-corrected chi connectivity index (χ4v) is 6.71. The lowest BCUT2D eigenvalue weighted by Gasteiger charge is -2.34. The van der Waals surface area contributed by atoms with Crippen molar-refractivity contribution >= 4 is 77.4 Å². The van der Waals surface area contributed by atoms with Crippen LogP contribution in [0.25, 0.3) is 0 Å². The summed E-state index contributed by atoms with van der Waals surface area (Å²) >= 11 is 0. The van der Waals surface area contributed by atoms with E-state index in [1.807, 2.05) is 18.7 Å². The van der Waals surface area contributed by atoms with Gasteiger partial charge in [-0.25, -0.2) is 12.8 Å². The lowest BCUT2D eigenvalue weighted by molar-refractivity contribution is -0.386. The number of anilines is 7. The first-order valence-corrected chi connectivity index (χ1v) is 21.9. The van der Waals surface area contributed by atoms with Gasteiger partial charge in [0.2, 0.25) is 17.7 Å². The number of nitrogens with zero attached hydrogens (tertiary/aromatic N) is 9. The van der Waals surface area contributed by atoms with Gasteiger partial charge in [0.25, 0.3) is 0 Å². The molecule has 0 amide bonds. The molecule has 0 radical (unpaired) electrons. The number of nitro groups is 1. The average molecular weight is 819 g/mol. The van der Waals surface area contributed by atoms with Crippen molar-refractivity contribution in [2.75, 3.05) is 90.7 Å². The van der Waals surface area contributed by atoms with Crippen LogP contribution >= 0.6 is 0 Å². The summed E-state index contributed by atoms with van der Waals surface area (Å²) in [5.41, 5.74) is 5.30. The molecule has 4 heterocycles. The monoisotopic (exact) mass is 818 g/mol. The van der Waals surface area contributed by atoms with Crippen LogP contribution in [0.4, 0.5) is 66.7 Å². The average Bonchev–Trinajstić information content (AvgIpc) is 3.09. The van der Waals surface area contributed by atoms with Crippen LogP contribution in [0.15, 0.2) is 57.3 Å². The molecule has 2 aliphatic rings. The predicted octanol–water partition coefficient (Wildman–Crippen LogP) is 5.38. The van der Waals surface area contributed by atoms with Gasteiger partial charge in [-0.05, 0) is 38.1 Å². The highest BCUT2D eigenvalue weighted by Crippen LogP contribution is 2.32. The maximum absolute atomic E-state index is 13.9. The number of hydrogen-bond donors (Lipinski definition) is 3. The van der Waals surface area contributed by atoms with Crippen LogP contribution in [0.3, 0.4) is 0 Å². The highest BCUT2D eigenvalue weighted by atomic mass is 32.2. The summed E-state index contributed by atoms with van der Waals surface area (Å²) in [4.78, 5) is 31.9. The number of nitrogens with one attached hydrogen (secondary N) is 2. The Morgan fingerprint density at radius 3 is 1.68 bits per heavy atom. The number of hydrogen-bond acceptors (Lipinski definition) is 17. The number of para-hydroxylation sites is 2. The maximum Gasteiger partial charge on any atom is 0.328 e. The molecule has 2 atom stereocenters. The number of ether oxygens (including phenoxy) is 2. The number of aromatic nitrogens is 4. The summed E-state index contributed by atoms with van der Waals surface area (Å²) in [5, 5.41) is 16.9. The first-order valence-electron chi connectivity index (χ1n) is 17.2. The molecule has 22 heteroatoms. The summed E-state index contributed by atoms with van der Waals surface area (Å²) < 4.78 is 71.1. The zero-order valence-corrected chi connectivity index (χ0v) is 33.3. The number of rotatable bonds is 9. The van der Waals surface area contributed by atoms with Gasteiger partial charge in [0.05, 0.1) is 54.8 Å². The van der Waals surface area contributed by atoms with Gasteiger partial charge in [-0.2, -0.15) is 33.1 Å². The molecule has 2 aromatic heterocycles. The summed E-state index contributed by atoms with van der Waals surface area (Å²) in [6, 6.07) is 11.6. The van der Waals surface area contributed by atoms with Crippen LogP contribution in [0.1, 0.15) is 13.8 Å². The molecule has 2 fully saturated rings. The standard InChI is InChI=1S/C17H21FN6O4S.C17H23FN6O2S/c1-11-10-28-8-7-23(11)15-9-14(22-29(2,3)27)20-17(21-15)19-13-6-4-5-12(18)16(13)24(25)26;1-11-10-26-8-7-24(11)15-9-14(23-27(2,3)25)21-17(22-15)20-13-6-4-5-12(18)16(13)19/h4-6,9,11H,7-8,10H2,1-3H3,(H,19,20,21);4-6,9,11H,7-8,10,19H2,1-3H3,(H,20,21,22)/t2*11-/m11/s1. The fourth-order valence-electron chi connectivity index (χ4n) is 5.62. The smallest absolute Gasteiger partial charge is 0.328 e. The van der Waals surface area contributed by atoms with E-state index in [1.54, 1.807) is 18.2 Å². The largest absolute Gasteiger partial charge is 0.395 e. The van der Waals surface area contributed by atoms with E-state index >= 15 is 0 Å². The van der Waals surface area contributed by atoms with Crippen LogP contribution in [0, 0.1) is 21.7 Å². The van der Waals surface area contributed by atoms with Crippen molar-refractivity contribution in [3.05, 3.63) is 70.3 Å². The molecule has 2 saturated heterocycles. The molecule has 302 valence electrons. The molecule has 0 aliphatic carbocycles. The Hall–Kier alpha value is -5.32. The minimum absolute atomic E-state index is 0.0164. The number of benzene rings is 2. The van der Waals surface area contributed by atoms with Gasteiger partial charge in [-0.15, -0.1) is 0 Å². The molecule has 2 aromatic carbocycles. The van der Waals surface area contributed by atoms with Crippen molar-refractivity contribution in [2.24, 2.45) is 8.73 Å². The minimum Gasteiger partial charge on any atom is -0.395 e. The summed E-state index contributed by atoms with van der Waals surface area (Å²) in [6.45, 7) is 7.40. The van der Waals surface area contributed by atoms with Crippen LogP contribution in [0.5, 0.6) is 0 Å². The van der Waals surface area contributed by atoms with E-state index in [2.05, 4.69) is 44.2 Å². The molecule has 2 aliphatic heterocycles. The summed E-state index contributed by atoms with van der Waals surface area (Å²) in [6.07, 6.45) is 6.00. The Morgan fingerprint density at radius 2 is 1.23 bits per heavy atom. The summed E-state index contributed by atoms with van der Waals surface area (Å²) in [7, 11) is -4.92. The second-order valence-corrected chi connectivity index (χ2v) is 18.5. The van der Waals surface area contributed by atoms with Gasteiger partial charge in [-0.1, -0.05) is 12.1 Å². The van der Waals surface area contributed by atoms with Crippen molar-refractivity contribution in [1.82, 2.24) is 19.9 Å². The topological polar surface area (TPSA) is 229 Å². The van der Waals surface area contributed by atoms with Gasteiger partial charge in [0.1, 0.15) is 23.1 Å². The first-order chi connectivity index (χ1) is 26.4. The number of nitrogen functional groups attached to an aromatic ring is 1. The SMILES string of the molecule is C[C@@H]1COCCN1c1cc(N=S(C)(C)=O)nc(Nc2cccc(F)c2N)n1.C[C@@H]1COCCN1c1cc(N=S(C)(C)=O)nc(Nc2cccc(F)c2[N+](=O)[O-])n1. The molecule has 0 bridgehead atoms. The zero-order chi connectivity index (χ0) is 40.8. The third-order valence-corrected chi connectivity index (χ3v) is 9.32. The van der Waals surface area contributed by atoms with E-state index < -0.39 is 41.7 Å². The first kappa shape index (κ1) is 41.8. The molecule has 4 N–H and O–H groups in total. The zero-order valence-electron chi connectivity index (χ0n) is 31.6. The number of nitro benzene ring substituents is 1. The van der Waals surface area contributed by atoms with Crippen molar-refractivity contribution in [1.29, 1.82) is 0 Å². The molecular weight excluding hydrogens is 775 g/mol. The van der Waals surface area contributed by atoms with E-state index in [-0.39, 0.29) is 47.0 Å². The predicted molar refractivity (Wildman–Crippen MR) is 214 cm³/mol. The Labute approximate surface area is 323 Å². The van der Waals surface area contributed by atoms with Gasteiger partial charge in [0, 0.05) is 69.7 Å². The maximum atomic E-state index is 13.9. The second-order valence-electron chi connectivity index (χ2n) is 13.4. The van der Waals surface area contributed by atoms with Gasteiger partial charge < -0.3 is 35.6 Å². The highest BCUT2D eigenvalue weighted by Gasteiger charge is 2.25. The molecular formula is C34H44F2N12O6S2. The van der Waals surface area contributed by atoms with Crippen LogP contribution in [-0.4, -0.2) is 110 Å². The van der Waals surface area contributed by atoms with Crippen molar-refractivity contribution in [3.8, 4) is 0 Å². The number of morpholine rings is 2. The minimum atomic E-state index is -2.51. The molecule has 0 saturated carbocycles. The Balaban J connectivity index is 0.000000215. The Kier molecular flexibility index (Phi) is 13.2. The van der Waals surface area contributed by atoms with Crippen LogP contribution in [0.2, 0.25) is 0 Å². The number of halogens is 2. The Bertz CT molecular complexity index is 2320. The lowest BCUT2D eigenvalue weighted by Crippen LogP contribution is -2.44. The molecule has 56 heavy (non-hydrogen) atoms. The molecule has 18 nitrogen and oxygen atoms in total. The van der Waals surface area contributed by atoms with Crippen LogP contribution < -0.4 is 26.2 Å². The van der Waals surface area contributed by atoms with E-state index in [0.717, 1.165) is 6.07 Å². The second kappa shape index (κ2) is 17.6. The van der Waals surface area contributed by atoms with Gasteiger partial charge >= 0.3 is 5.69 Å². The summed E-state index contributed by atoms with van der Waals surface area (Å²) in [5.74, 6) is 0.237. The van der Waals surface area contributed by atoms with Crippen LogP contribution in [-0.2, 0) is 28.9 Å². The molecule has 6 rings (SSSR count). The van der Waals surface area contributed by atoms with E-state index in [0.29, 0.717) is 56.8 Å². The van der Waals surface area contributed by atoms with Crippen molar-refractivity contribution in [2.45, 2.75) is 25.9 Å². The van der Waals surface area contributed by atoms with E-state index in [4.69, 9.17) is 15.2 Å². The molecule has 4 aromatic rings. The molecule has 0 unspecified atom stereocenters. The third kappa shape index (κ3) is 11.4. The van der Waals surface area contributed by atoms with Crippen molar-refractivity contribution in [3.63, 3.8) is 0 Å². The normalized spacial score (nSPS) is 17.4. The fraction of sp³-hybridized carbons (Fsp3) is 0.412. The van der Waals surface area contributed by atoms with E-state index in [1.165, 1.54) is 49.3 Å². The highest BCUT2D eigenvalue weighted by molar-refractivity contribution is 7.92. The van der Waals surface area contributed by atoms with E-state index in [9.17, 15) is 27.3 Å². The lowest BCUT2D eigenvalue weighted by atomic mass is 10.2. The quantitative estimate of drug-likeness (QED) is 0.109. The van der Waals surface area contributed by atoms with Gasteiger partial charge in [0.15, 0.2) is 11.6 Å². The van der Waals surface area contributed by atoms with Gasteiger partial charge in [-0.3, -0.25) is 10.1 Å². The number of nitrogens with two attached hydrogens (primary N) is 1. The molecule has 0 spiro atoms. The Morgan fingerprint density at radius 1 is 0.786 bits per heavy atom.